The number of aromatic nitrogens is 1. The fourth-order valence-corrected chi connectivity index (χ4v) is 3.72. The Labute approximate surface area is 139 Å². The normalized spacial score (nSPS) is 11.6. The minimum atomic E-state index is 0.0796. The van der Waals surface area contributed by atoms with Gasteiger partial charge in [0, 0.05) is 29.7 Å². The fraction of sp³-hybridized carbons (Fsp3) is 0.333. The van der Waals surface area contributed by atoms with Crippen molar-refractivity contribution in [1.29, 1.82) is 0 Å². The van der Waals surface area contributed by atoms with Crippen molar-refractivity contribution in [1.82, 2.24) is 15.2 Å². The van der Waals surface area contributed by atoms with Gasteiger partial charge in [-0.1, -0.05) is 19.1 Å². The van der Waals surface area contributed by atoms with Gasteiger partial charge in [-0.3, -0.25) is 9.69 Å². The maximum absolute atomic E-state index is 12.6. The molecule has 23 heavy (non-hydrogen) atoms. The average molecular weight is 327 g/mol. The lowest BCUT2D eigenvalue weighted by Gasteiger charge is -2.19. The molecular formula is C18H21N3OS. The zero-order valence-corrected chi connectivity index (χ0v) is 14.3. The third kappa shape index (κ3) is 3.42. The SMILES string of the molecule is CCN(CCNC)Cc1ccc2c(=O)c3ccccc3sc2n1. The van der Waals surface area contributed by atoms with Gasteiger partial charge in [0.05, 0.1) is 11.1 Å². The predicted octanol–water partition coefficient (Wildman–Crippen LogP) is 2.85. The lowest BCUT2D eigenvalue weighted by molar-refractivity contribution is 0.279. The first kappa shape index (κ1) is 16.1. The molecule has 0 unspecified atom stereocenters. The molecule has 0 saturated carbocycles. The number of nitrogens with one attached hydrogen (secondary N) is 1. The number of likely N-dealkylation sites (N-methyl/N-ethyl adjacent to an activating group) is 2. The lowest BCUT2D eigenvalue weighted by atomic mass is 10.2. The minimum absolute atomic E-state index is 0.0796. The lowest BCUT2D eigenvalue weighted by Crippen LogP contribution is -2.30. The van der Waals surface area contributed by atoms with Crippen LogP contribution in [0.3, 0.4) is 0 Å². The third-order valence-corrected chi connectivity index (χ3v) is 5.09. The first-order chi connectivity index (χ1) is 11.2. The Kier molecular flexibility index (Phi) is 5.00. The molecule has 0 atom stereocenters. The van der Waals surface area contributed by atoms with Crippen LogP contribution in [0.4, 0.5) is 0 Å². The van der Waals surface area contributed by atoms with Crippen LogP contribution in [-0.4, -0.2) is 36.6 Å². The Balaban J connectivity index is 1.98. The van der Waals surface area contributed by atoms with Gasteiger partial charge in [0.25, 0.3) is 0 Å². The van der Waals surface area contributed by atoms with Crippen molar-refractivity contribution >= 4 is 31.6 Å². The van der Waals surface area contributed by atoms with Crippen LogP contribution in [0.15, 0.2) is 41.2 Å². The smallest absolute Gasteiger partial charge is 0.197 e. The molecule has 5 heteroatoms. The van der Waals surface area contributed by atoms with Crippen LogP contribution < -0.4 is 10.7 Å². The number of rotatable bonds is 6. The minimum Gasteiger partial charge on any atom is -0.318 e. The molecule has 0 amide bonds. The molecule has 2 heterocycles. The maximum Gasteiger partial charge on any atom is 0.197 e. The molecule has 0 aliphatic carbocycles. The van der Waals surface area contributed by atoms with Crippen LogP contribution in [-0.2, 0) is 6.54 Å². The molecular weight excluding hydrogens is 306 g/mol. The molecule has 3 aromatic rings. The second-order valence-corrected chi connectivity index (χ2v) is 6.59. The van der Waals surface area contributed by atoms with E-state index in [1.54, 1.807) is 11.3 Å². The first-order valence-electron chi connectivity index (χ1n) is 7.91. The van der Waals surface area contributed by atoms with E-state index in [9.17, 15) is 4.79 Å². The highest BCUT2D eigenvalue weighted by Crippen LogP contribution is 2.23. The zero-order chi connectivity index (χ0) is 16.2. The van der Waals surface area contributed by atoms with Crippen LogP contribution in [0.2, 0.25) is 0 Å². The van der Waals surface area contributed by atoms with Crippen LogP contribution in [0.1, 0.15) is 12.6 Å². The molecule has 120 valence electrons. The summed E-state index contributed by atoms with van der Waals surface area (Å²) in [5.41, 5.74) is 1.09. The van der Waals surface area contributed by atoms with Crippen LogP contribution in [0.25, 0.3) is 20.3 Å². The molecule has 4 nitrogen and oxygen atoms in total. The van der Waals surface area contributed by atoms with E-state index in [0.29, 0.717) is 0 Å². The summed E-state index contributed by atoms with van der Waals surface area (Å²) in [6, 6.07) is 11.6. The summed E-state index contributed by atoms with van der Waals surface area (Å²) in [4.78, 5) is 20.5. The van der Waals surface area contributed by atoms with E-state index >= 15 is 0 Å². The summed E-state index contributed by atoms with van der Waals surface area (Å²) in [7, 11) is 1.96. The number of fused-ring (bicyclic) bond motifs is 2. The quantitative estimate of drug-likeness (QED) is 0.707. The summed E-state index contributed by atoms with van der Waals surface area (Å²) in [6.45, 7) is 5.89. The standard InChI is InChI=1S/C18H21N3OS/c1-3-21(11-10-19-2)12-13-8-9-15-17(22)14-6-4-5-7-16(14)23-18(15)20-13/h4-9,19H,3,10-12H2,1-2H3. The van der Waals surface area contributed by atoms with E-state index < -0.39 is 0 Å². The molecule has 1 N–H and O–H groups in total. The molecule has 0 radical (unpaired) electrons. The Hall–Kier alpha value is -1.82. The first-order valence-corrected chi connectivity index (χ1v) is 8.73. The van der Waals surface area contributed by atoms with Crippen LogP contribution in [0.5, 0.6) is 0 Å². The highest BCUT2D eigenvalue weighted by molar-refractivity contribution is 7.24. The van der Waals surface area contributed by atoms with Crippen LogP contribution >= 0.6 is 11.3 Å². The number of nitrogens with zero attached hydrogens (tertiary/aromatic N) is 2. The van der Waals surface area contributed by atoms with Gasteiger partial charge in [-0.25, -0.2) is 4.98 Å². The summed E-state index contributed by atoms with van der Waals surface area (Å²) in [6.07, 6.45) is 0. The van der Waals surface area contributed by atoms with Crippen molar-refractivity contribution in [2.45, 2.75) is 13.5 Å². The molecule has 3 rings (SSSR count). The summed E-state index contributed by atoms with van der Waals surface area (Å²) < 4.78 is 0.997. The molecule has 0 aliphatic heterocycles. The zero-order valence-electron chi connectivity index (χ0n) is 13.5. The van der Waals surface area contributed by atoms with E-state index in [2.05, 4.69) is 17.1 Å². The van der Waals surface area contributed by atoms with Crippen molar-refractivity contribution in [3.05, 3.63) is 52.3 Å². The largest absolute Gasteiger partial charge is 0.318 e. The second kappa shape index (κ2) is 7.17. The Morgan fingerprint density at radius 1 is 1.17 bits per heavy atom. The van der Waals surface area contributed by atoms with E-state index in [1.807, 2.05) is 43.4 Å². The molecule has 1 aromatic carbocycles. The number of hydrogen-bond acceptors (Lipinski definition) is 5. The van der Waals surface area contributed by atoms with E-state index in [4.69, 9.17) is 4.98 Å². The van der Waals surface area contributed by atoms with Crippen molar-refractivity contribution in [3.8, 4) is 0 Å². The Bertz CT molecular complexity index is 875. The fourth-order valence-electron chi connectivity index (χ4n) is 2.66. The number of benzene rings is 1. The van der Waals surface area contributed by atoms with E-state index in [-0.39, 0.29) is 5.43 Å². The van der Waals surface area contributed by atoms with Gasteiger partial charge < -0.3 is 5.32 Å². The second-order valence-electron chi connectivity index (χ2n) is 5.55. The molecule has 0 aliphatic rings. The summed E-state index contributed by atoms with van der Waals surface area (Å²) in [5.74, 6) is 0. The van der Waals surface area contributed by atoms with Gasteiger partial charge in [-0.05, 0) is 37.9 Å². The average Bonchev–Trinajstić information content (AvgIpc) is 2.58. The van der Waals surface area contributed by atoms with E-state index in [1.165, 1.54) is 0 Å². The van der Waals surface area contributed by atoms with Gasteiger partial charge in [0.1, 0.15) is 4.83 Å². The van der Waals surface area contributed by atoms with Gasteiger partial charge in [-0.2, -0.15) is 0 Å². The van der Waals surface area contributed by atoms with Gasteiger partial charge >= 0.3 is 0 Å². The van der Waals surface area contributed by atoms with Gasteiger partial charge in [0.15, 0.2) is 5.43 Å². The summed E-state index contributed by atoms with van der Waals surface area (Å²) in [5, 5.41) is 4.67. The van der Waals surface area contributed by atoms with Crippen molar-refractivity contribution in [2.75, 3.05) is 26.7 Å². The maximum atomic E-state index is 12.6. The summed E-state index contributed by atoms with van der Waals surface area (Å²) >= 11 is 1.59. The molecule has 0 bridgehead atoms. The van der Waals surface area contributed by atoms with Crippen LogP contribution in [0, 0.1) is 0 Å². The van der Waals surface area contributed by atoms with E-state index in [0.717, 1.165) is 52.2 Å². The highest BCUT2D eigenvalue weighted by Gasteiger charge is 2.09. The Morgan fingerprint density at radius 3 is 2.78 bits per heavy atom. The van der Waals surface area contributed by atoms with Gasteiger partial charge in [-0.15, -0.1) is 11.3 Å². The molecule has 0 saturated heterocycles. The van der Waals surface area contributed by atoms with Crippen molar-refractivity contribution in [3.63, 3.8) is 0 Å². The molecule has 2 aromatic heterocycles. The predicted molar refractivity (Wildman–Crippen MR) is 98.3 cm³/mol. The van der Waals surface area contributed by atoms with Gasteiger partial charge in [0.2, 0.25) is 0 Å². The van der Waals surface area contributed by atoms with Crippen molar-refractivity contribution in [2.24, 2.45) is 0 Å². The highest BCUT2D eigenvalue weighted by atomic mass is 32.1. The third-order valence-electron chi connectivity index (χ3n) is 4.01. The number of hydrogen-bond donors (Lipinski definition) is 1. The molecule has 0 fully saturated rings. The number of pyridine rings is 1. The Morgan fingerprint density at radius 2 is 2.00 bits per heavy atom. The monoisotopic (exact) mass is 327 g/mol. The topological polar surface area (TPSA) is 45.2 Å². The van der Waals surface area contributed by atoms with Crippen molar-refractivity contribution < 1.29 is 0 Å². The molecule has 0 spiro atoms.